The number of anilines is 1. The van der Waals surface area contributed by atoms with Crippen LogP contribution in [-0.4, -0.2) is 14.8 Å². The summed E-state index contributed by atoms with van der Waals surface area (Å²) in [6, 6.07) is 4.63. The molecule has 0 spiro atoms. The molecule has 3 aromatic heterocycles. The highest BCUT2D eigenvalue weighted by Gasteiger charge is 2.25. The van der Waals surface area contributed by atoms with Crippen LogP contribution in [0, 0.1) is 13.8 Å². The van der Waals surface area contributed by atoms with Crippen LogP contribution in [0.4, 0.5) is 5.69 Å². The SMILES string of the molecule is Cc1nsc(C)c1NC(=O)c1cc2sccc2n1C1CCCC1. The Morgan fingerprint density at radius 1 is 1.35 bits per heavy atom. The van der Waals surface area contributed by atoms with Gasteiger partial charge in [0.1, 0.15) is 5.69 Å². The highest BCUT2D eigenvalue weighted by Crippen LogP contribution is 2.37. The number of carbonyl (C=O) groups is 1. The van der Waals surface area contributed by atoms with Crippen molar-refractivity contribution in [3.63, 3.8) is 0 Å². The summed E-state index contributed by atoms with van der Waals surface area (Å²) in [5.41, 5.74) is 3.73. The molecule has 4 rings (SSSR count). The van der Waals surface area contributed by atoms with Gasteiger partial charge in [0.05, 0.1) is 21.6 Å². The number of aryl methyl sites for hydroxylation is 2. The van der Waals surface area contributed by atoms with Gasteiger partial charge < -0.3 is 9.88 Å². The van der Waals surface area contributed by atoms with Crippen molar-refractivity contribution in [2.24, 2.45) is 0 Å². The van der Waals surface area contributed by atoms with Gasteiger partial charge >= 0.3 is 0 Å². The van der Waals surface area contributed by atoms with Gasteiger partial charge in [-0.15, -0.1) is 11.3 Å². The van der Waals surface area contributed by atoms with E-state index in [2.05, 4.69) is 25.7 Å². The number of hydrogen-bond donors (Lipinski definition) is 1. The molecule has 3 heterocycles. The lowest BCUT2D eigenvalue weighted by molar-refractivity contribution is 0.101. The van der Waals surface area contributed by atoms with E-state index in [9.17, 15) is 4.79 Å². The third kappa shape index (κ3) is 2.50. The lowest BCUT2D eigenvalue weighted by atomic mass is 10.2. The van der Waals surface area contributed by atoms with Gasteiger partial charge in [0.15, 0.2) is 0 Å². The predicted molar refractivity (Wildman–Crippen MR) is 96.9 cm³/mol. The molecule has 0 aliphatic heterocycles. The molecule has 1 fully saturated rings. The van der Waals surface area contributed by atoms with Crippen LogP contribution in [0.25, 0.3) is 10.2 Å². The summed E-state index contributed by atoms with van der Waals surface area (Å²) in [5, 5.41) is 5.19. The summed E-state index contributed by atoms with van der Waals surface area (Å²) in [6.07, 6.45) is 4.83. The van der Waals surface area contributed by atoms with Crippen LogP contribution >= 0.6 is 22.9 Å². The fourth-order valence-corrected chi connectivity index (χ4v) is 4.98. The second kappa shape index (κ2) is 5.76. The number of thiophene rings is 1. The van der Waals surface area contributed by atoms with E-state index < -0.39 is 0 Å². The molecule has 0 saturated heterocycles. The van der Waals surface area contributed by atoms with Crippen LogP contribution in [0.5, 0.6) is 0 Å². The van der Waals surface area contributed by atoms with Gasteiger partial charge in [-0.05, 0) is 55.7 Å². The van der Waals surface area contributed by atoms with E-state index in [-0.39, 0.29) is 5.91 Å². The molecule has 1 N–H and O–H groups in total. The average Bonchev–Trinajstić information content (AvgIpc) is 3.26. The van der Waals surface area contributed by atoms with E-state index >= 15 is 0 Å². The van der Waals surface area contributed by atoms with Crippen molar-refractivity contribution >= 4 is 44.7 Å². The number of rotatable bonds is 3. The summed E-state index contributed by atoms with van der Waals surface area (Å²) in [6.45, 7) is 3.93. The fourth-order valence-electron chi connectivity index (χ4n) is 3.51. The number of nitrogens with one attached hydrogen (secondary N) is 1. The number of nitrogens with zero attached hydrogens (tertiary/aromatic N) is 2. The molecular formula is C17H19N3OS2. The van der Waals surface area contributed by atoms with Gasteiger partial charge in [-0.2, -0.15) is 4.37 Å². The van der Waals surface area contributed by atoms with Crippen LogP contribution in [0.15, 0.2) is 17.5 Å². The molecule has 0 radical (unpaired) electrons. The smallest absolute Gasteiger partial charge is 0.272 e. The molecule has 1 aliphatic carbocycles. The van der Waals surface area contributed by atoms with Crippen LogP contribution in [0.3, 0.4) is 0 Å². The lowest BCUT2D eigenvalue weighted by Gasteiger charge is -2.17. The maximum atomic E-state index is 12.9. The summed E-state index contributed by atoms with van der Waals surface area (Å²) in [5.74, 6) is -0.0216. The highest BCUT2D eigenvalue weighted by atomic mass is 32.1. The average molecular weight is 345 g/mol. The van der Waals surface area contributed by atoms with E-state index in [0.29, 0.717) is 6.04 Å². The Balaban J connectivity index is 1.74. The zero-order valence-corrected chi connectivity index (χ0v) is 14.9. The Morgan fingerprint density at radius 2 is 2.13 bits per heavy atom. The van der Waals surface area contributed by atoms with Crippen molar-refractivity contribution in [1.82, 2.24) is 8.94 Å². The first-order chi connectivity index (χ1) is 11.1. The second-order valence-electron chi connectivity index (χ2n) is 6.16. The standard InChI is InChI=1S/C17H19N3OS2/c1-10-16(11(2)23-19-10)18-17(21)14-9-15-13(7-8-22-15)20(14)12-5-3-4-6-12/h7-9,12H,3-6H2,1-2H3,(H,18,21). The molecule has 23 heavy (non-hydrogen) atoms. The molecule has 0 bridgehead atoms. The van der Waals surface area contributed by atoms with E-state index in [4.69, 9.17) is 0 Å². The number of carbonyl (C=O) groups excluding carboxylic acids is 1. The second-order valence-corrected chi connectivity index (χ2v) is 8.09. The van der Waals surface area contributed by atoms with Crippen molar-refractivity contribution < 1.29 is 4.79 Å². The third-order valence-electron chi connectivity index (χ3n) is 4.65. The van der Waals surface area contributed by atoms with Gasteiger partial charge in [0, 0.05) is 10.9 Å². The number of aromatic nitrogens is 2. The molecule has 0 unspecified atom stereocenters. The van der Waals surface area contributed by atoms with E-state index in [1.165, 1.54) is 34.6 Å². The first-order valence-electron chi connectivity index (χ1n) is 7.98. The predicted octanol–water partition coefficient (Wildman–Crippen LogP) is 5.14. The van der Waals surface area contributed by atoms with Crippen molar-refractivity contribution in [1.29, 1.82) is 0 Å². The Kier molecular flexibility index (Phi) is 3.73. The van der Waals surface area contributed by atoms with Gasteiger partial charge in [-0.25, -0.2) is 0 Å². The Labute approximate surface area is 143 Å². The van der Waals surface area contributed by atoms with E-state index in [0.717, 1.165) is 34.8 Å². The quantitative estimate of drug-likeness (QED) is 0.714. The molecule has 0 aromatic carbocycles. The molecule has 4 nitrogen and oxygen atoms in total. The largest absolute Gasteiger partial charge is 0.333 e. The number of amides is 1. The van der Waals surface area contributed by atoms with Crippen molar-refractivity contribution in [3.05, 3.63) is 33.8 Å². The molecule has 0 atom stereocenters. The summed E-state index contributed by atoms with van der Waals surface area (Å²) in [7, 11) is 0. The van der Waals surface area contributed by atoms with E-state index in [1.54, 1.807) is 11.3 Å². The first kappa shape index (κ1) is 14.9. The molecule has 6 heteroatoms. The van der Waals surface area contributed by atoms with Gasteiger partial charge in [-0.3, -0.25) is 4.79 Å². The van der Waals surface area contributed by atoms with Crippen LogP contribution in [0.2, 0.25) is 0 Å². The molecule has 120 valence electrons. The Hall–Kier alpha value is -1.66. The minimum Gasteiger partial charge on any atom is -0.333 e. The Morgan fingerprint density at radius 3 is 2.83 bits per heavy atom. The summed E-state index contributed by atoms with van der Waals surface area (Å²) < 4.78 is 7.77. The van der Waals surface area contributed by atoms with Crippen molar-refractivity contribution in [3.8, 4) is 0 Å². The maximum Gasteiger partial charge on any atom is 0.272 e. The molecular weight excluding hydrogens is 326 g/mol. The van der Waals surface area contributed by atoms with Crippen molar-refractivity contribution in [2.45, 2.75) is 45.6 Å². The number of fused-ring (bicyclic) bond motifs is 1. The molecule has 3 aromatic rings. The maximum absolute atomic E-state index is 12.9. The number of hydrogen-bond acceptors (Lipinski definition) is 4. The zero-order chi connectivity index (χ0) is 16.0. The first-order valence-corrected chi connectivity index (χ1v) is 9.63. The van der Waals surface area contributed by atoms with Gasteiger partial charge in [0.25, 0.3) is 5.91 Å². The highest BCUT2D eigenvalue weighted by molar-refractivity contribution is 7.17. The van der Waals surface area contributed by atoms with Crippen molar-refractivity contribution in [2.75, 3.05) is 5.32 Å². The topological polar surface area (TPSA) is 46.9 Å². The van der Waals surface area contributed by atoms with Crippen LogP contribution in [-0.2, 0) is 0 Å². The monoisotopic (exact) mass is 345 g/mol. The van der Waals surface area contributed by atoms with E-state index in [1.807, 2.05) is 19.9 Å². The van der Waals surface area contributed by atoms with Gasteiger partial charge in [0.2, 0.25) is 0 Å². The van der Waals surface area contributed by atoms with Crippen LogP contribution < -0.4 is 5.32 Å². The Bertz CT molecular complexity index is 848. The fraction of sp³-hybridized carbons (Fsp3) is 0.412. The molecule has 1 saturated carbocycles. The zero-order valence-electron chi connectivity index (χ0n) is 13.3. The van der Waals surface area contributed by atoms with Gasteiger partial charge in [-0.1, -0.05) is 12.8 Å². The lowest BCUT2D eigenvalue weighted by Crippen LogP contribution is -2.19. The molecule has 1 aliphatic rings. The molecule has 1 amide bonds. The van der Waals surface area contributed by atoms with Crippen LogP contribution in [0.1, 0.15) is 52.8 Å². The minimum atomic E-state index is -0.0216. The third-order valence-corrected chi connectivity index (χ3v) is 6.35. The summed E-state index contributed by atoms with van der Waals surface area (Å²) in [4.78, 5) is 14.0. The summed E-state index contributed by atoms with van der Waals surface area (Å²) >= 11 is 3.14. The normalized spacial score (nSPS) is 15.6. The minimum absolute atomic E-state index is 0.0216.